The first kappa shape index (κ1) is 21.2. The minimum absolute atomic E-state index is 0.264. The van der Waals surface area contributed by atoms with Gasteiger partial charge in [-0.3, -0.25) is 14.3 Å². The van der Waals surface area contributed by atoms with E-state index in [-0.39, 0.29) is 11.1 Å². The molecule has 0 fully saturated rings. The van der Waals surface area contributed by atoms with Crippen molar-refractivity contribution in [1.82, 2.24) is 9.55 Å². The maximum Gasteiger partial charge on any atom is 0.345 e. The van der Waals surface area contributed by atoms with E-state index in [4.69, 9.17) is 14.2 Å². The molecule has 2 aromatic heterocycles. The van der Waals surface area contributed by atoms with Gasteiger partial charge in [-0.15, -0.1) is 0 Å². The van der Waals surface area contributed by atoms with E-state index >= 15 is 0 Å². The van der Waals surface area contributed by atoms with Crippen molar-refractivity contribution in [1.29, 1.82) is 0 Å². The topological polar surface area (TPSA) is 79.7 Å². The number of ether oxygens (including phenoxy) is 3. The van der Waals surface area contributed by atoms with Crippen LogP contribution in [0.25, 0.3) is 27.2 Å². The van der Waals surface area contributed by atoms with E-state index in [9.17, 15) is 9.59 Å². The highest BCUT2D eigenvalue weighted by atomic mass is 16.5. The van der Waals surface area contributed by atoms with Crippen molar-refractivity contribution < 1.29 is 19.0 Å². The molecule has 34 heavy (non-hydrogen) atoms. The molecule has 0 saturated heterocycles. The molecule has 0 saturated carbocycles. The molecule has 7 heteroatoms. The first-order valence-corrected chi connectivity index (χ1v) is 10.5. The number of methoxy groups -OCH3 is 2. The second-order valence-electron chi connectivity index (χ2n) is 7.58. The highest BCUT2D eigenvalue weighted by Gasteiger charge is 2.18. The first-order chi connectivity index (χ1) is 16.6. The molecule has 0 bridgehead atoms. The van der Waals surface area contributed by atoms with Gasteiger partial charge in [0.1, 0.15) is 5.75 Å². The maximum atomic E-state index is 13.3. The molecule has 0 unspecified atom stereocenters. The summed E-state index contributed by atoms with van der Waals surface area (Å²) in [5.74, 6) is 0.830. The lowest BCUT2D eigenvalue weighted by molar-refractivity contribution is 0.0736. The maximum absolute atomic E-state index is 13.3. The summed E-state index contributed by atoms with van der Waals surface area (Å²) in [7, 11) is 3.06. The average molecular weight is 452 g/mol. The Hall–Kier alpha value is -4.65. The number of rotatable bonds is 5. The molecule has 0 spiro atoms. The van der Waals surface area contributed by atoms with Gasteiger partial charge in [-0.05, 0) is 47.9 Å². The van der Waals surface area contributed by atoms with Crippen molar-refractivity contribution in [2.75, 3.05) is 14.2 Å². The third-order valence-electron chi connectivity index (χ3n) is 5.61. The Morgan fingerprint density at radius 3 is 2.44 bits per heavy atom. The van der Waals surface area contributed by atoms with Crippen molar-refractivity contribution in [3.8, 4) is 22.9 Å². The summed E-state index contributed by atoms with van der Waals surface area (Å²) in [5.41, 5.74) is 0.526. The van der Waals surface area contributed by atoms with Crippen LogP contribution in [0.1, 0.15) is 10.4 Å². The number of fused-ring (bicyclic) bond motifs is 2. The highest BCUT2D eigenvalue weighted by Crippen LogP contribution is 2.29. The monoisotopic (exact) mass is 452 g/mol. The quantitative estimate of drug-likeness (QED) is 0.282. The number of carbonyl (C=O) groups is 1. The van der Waals surface area contributed by atoms with Crippen molar-refractivity contribution in [2.45, 2.75) is 0 Å². The van der Waals surface area contributed by atoms with E-state index < -0.39 is 5.97 Å². The minimum atomic E-state index is -0.571. The lowest BCUT2D eigenvalue weighted by Crippen LogP contribution is -2.22. The molecule has 7 nitrogen and oxygen atoms in total. The number of nitrogens with zero attached hydrogens (tertiary/aromatic N) is 2. The van der Waals surface area contributed by atoms with Crippen LogP contribution in [0, 0.1) is 0 Å². The summed E-state index contributed by atoms with van der Waals surface area (Å²) < 4.78 is 17.8. The van der Waals surface area contributed by atoms with Crippen molar-refractivity contribution in [3.05, 3.63) is 101 Å². The number of hydrogen-bond acceptors (Lipinski definition) is 6. The predicted molar refractivity (Wildman–Crippen MR) is 129 cm³/mol. The normalized spacial score (nSPS) is 10.9. The molecule has 0 atom stereocenters. The number of esters is 1. The van der Waals surface area contributed by atoms with Crippen LogP contribution in [-0.4, -0.2) is 29.7 Å². The van der Waals surface area contributed by atoms with Crippen LogP contribution in [-0.2, 0) is 0 Å². The van der Waals surface area contributed by atoms with E-state index in [0.29, 0.717) is 33.7 Å². The molecule has 0 aliphatic heterocycles. The van der Waals surface area contributed by atoms with Crippen LogP contribution in [0.15, 0.2) is 90.1 Å². The van der Waals surface area contributed by atoms with Gasteiger partial charge in [0.2, 0.25) is 0 Å². The number of benzene rings is 3. The molecular weight excluding hydrogens is 432 g/mol. The molecule has 0 amide bonds. The van der Waals surface area contributed by atoms with Crippen LogP contribution in [0.2, 0.25) is 0 Å². The summed E-state index contributed by atoms with van der Waals surface area (Å²) in [6.07, 6.45) is 4.92. The Bertz CT molecular complexity index is 1610. The van der Waals surface area contributed by atoms with E-state index in [1.165, 1.54) is 25.0 Å². The van der Waals surface area contributed by atoms with Gasteiger partial charge in [0.05, 0.1) is 25.5 Å². The zero-order chi connectivity index (χ0) is 23.7. The molecule has 0 radical (unpaired) electrons. The zero-order valence-corrected chi connectivity index (χ0v) is 18.5. The van der Waals surface area contributed by atoms with Crippen LogP contribution in [0.5, 0.6) is 17.2 Å². The van der Waals surface area contributed by atoms with Crippen LogP contribution in [0.4, 0.5) is 0 Å². The molecule has 2 heterocycles. The van der Waals surface area contributed by atoms with E-state index in [2.05, 4.69) is 4.98 Å². The van der Waals surface area contributed by atoms with Crippen molar-refractivity contribution in [2.24, 2.45) is 0 Å². The minimum Gasteiger partial charge on any atom is -0.493 e. The fourth-order valence-corrected chi connectivity index (χ4v) is 3.91. The number of carbonyl (C=O) groups excluding carboxylic acids is 1. The predicted octanol–water partition coefficient (Wildman–Crippen LogP) is 4.78. The van der Waals surface area contributed by atoms with Gasteiger partial charge in [-0.25, -0.2) is 4.79 Å². The Balaban J connectivity index is 1.62. The fourth-order valence-electron chi connectivity index (χ4n) is 3.91. The summed E-state index contributed by atoms with van der Waals surface area (Å²) >= 11 is 0. The van der Waals surface area contributed by atoms with Crippen LogP contribution in [0.3, 0.4) is 0 Å². The lowest BCUT2D eigenvalue weighted by Gasteiger charge is -2.14. The van der Waals surface area contributed by atoms with Crippen molar-refractivity contribution >= 4 is 27.5 Å². The SMILES string of the molecule is COc1ccc(-n2cc(C(=O)Oc3ccc4cnccc4c3)c3ccccc3c2=O)cc1OC. The first-order valence-electron chi connectivity index (χ1n) is 10.5. The largest absolute Gasteiger partial charge is 0.493 e. The Morgan fingerprint density at radius 1 is 0.853 bits per heavy atom. The van der Waals surface area contributed by atoms with Gasteiger partial charge in [-0.2, -0.15) is 0 Å². The number of aromatic nitrogens is 2. The van der Waals surface area contributed by atoms with Gasteiger partial charge < -0.3 is 14.2 Å². The second-order valence-corrected chi connectivity index (χ2v) is 7.58. The molecule has 5 aromatic rings. The van der Waals surface area contributed by atoms with Gasteiger partial charge in [0.15, 0.2) is 11.5 Å². The summed E-state index contributed by atoms with van der Waals surface area (Å²) in [6.45, 7) is 0. The van der Waals surface area contributed by atoms with Crippen LogP contribution >= 0.6 is 0 Å². The standard InChI is InChI=1S/C27H20N2O5/c1-32-24-10-8-19(14-25(24)33-2)29-16-23(21-5-3-4-6-22(21)26(29)30)27(31)34-20-9-7-18-15-28-12-11-17(18)13-20/h3-16H,1-2H3. The number of hydrogen-bond donors (Lipinski definition) is 0. The summed E-state index contributed by atoms with van der Waals surface area (Å²) in [5, 5.41) is 2.76. The van der Waals surface area contributed by atoms with E-state index in [1.54, 1.807) is 67.0 Å². The third-order valence-corrected chi connectivity index (χ3v) is 5.61. The Kier molecular flexibility index (Phi) is 5.43. The Labute approximate surface area is 194 Å². The summed E-state index contributed by atoms with van der Waals surface area (Å²) in [6, 6.07) is 19.3. The average Bonchev–Trinajstić information content (AvgIpc) is 2.88. The Morgan fingerprint density at radius 2 is 1.65 bits per heavy atom. The molecule has 5 rings (SSSR count). The zero-order valence-electron chi connectivity index (χ0n) is 18.5. The van der Waals surface area contributed by atoms with Gasteiger partial charge in [0, 0.05) is 40.8 Å². The third kappa shape index (κ3) is 3.73. The molecule has 0 aliphatic carbocycles. The summed E-state index contributed by atoms with van der Waals surface area (Å²) in [4.78, 5) is 30.7. The van der Waals surface area contributed by atoms with Crippen LogP contribution < -0.4 is 19.8 Å². The molecule has 0 N–H and O–H groups in total. The smallest absolute Gasteiger partial charge is 0.345 e. The molecule has 168 valence electrons. The molecular formula is C27H20N2O5. The van der Waals surface area contributed by atoms with Gasteiger partial charge in [0.25, 0.3) is 5.56 Å². The van der Waals surface area contributed by atoms with Crippen molar-refractivity contribution in [3.63, 3.8) is 0 Å². The van der Waals surface area contributed by atoms with E-state index in [0.717, 1.165) is 10.8 Å². The second kappa shape index (κ2) is 8.71. The van der Waals surface area contributed by atoms with Gasteiger partial charge >= 0.3 is 5.97 Å². The van der Waals surface area contributed by atoms with E-state index in [1.807, 2.05) is 12.1 Å². The number of pyridine rings is 2. The highest BCUT2D eigenvalue weighted by molar-refractivity contribution is 6.05. The molecule has 0 aliphatic rings. The van der Waals surface area contributed by atoms with Gasteiger partial charge in [-0.1, -0.05) is 18.2 Å². The fraction of sp³-hybridized carbons (Fsp3) is 0.0741. The lowest BCUT2D eigenvalue weighted by atomic mass is 10.1. The molecule has 3 aromatic carbocycles.